The maximum atomic E-state index is 12.2. The zero-order valence-electron chi connectivity index (χ0n) is 11.6. The SMILES string of the molecule is COc1ccc(O)c(/C=C2\SC(=S)N(CCC(=O)O)C2=O)c1. The van der Waals surface area contributed by atoms with Gasteiger partial charge >= 0.3 is 5.97 Å². The summed E-state index contributed by atoms with van der Waals surface area (Å²) in [6.07, 6.45) is 1.34. The third-order valence-electron chi connectivity index (χ3n) is 2.94. The van der Waals surface area contributed by atoms with Crippen LogP contribution in [0.3, 0.4) is 0 Å². The molecule has 1 amide bonds. The van der Waals surface area contributed by atoms with Crippen LogP contribution in [-0.4, -0.2) is 45.0 Å². The molecule has 2 N–H and O–H groups in total. The Hall–Kier alpha value is -2.06. The van der Waals surface area contributed by atoms with Crippen molar-refractivity contribution in [2.24, 2.45) is 0 Å². The van der Waals surface area contributed by atoms with Gasteiger partial charge in [0.1, 0.15) is 15.8 Å². The monoisotopic (exact) mass is 339 g/mol. The predicted octanol–water partition coefficient (Wildman–Crippen LogP) is 2.08. The first-order valence-electron chi connectivity index (χ1n) is 6.26. The molecule has 6 nitrogen and oxygen atoms in total. The smallest absolute Gasteiger partial charge is 0.305 e. The quantitative estimate of drug-likeness (QED) is 0.627. The molecule has 0 bridgehead atoms. The number of carbonyl (C=O) groups is 2. The Balaban J connectivity index is 2.24. The molecule has 0 radical (unpaired) electrons. The number of ether oxygens (including phenoxy) is 1. The van der Waals surface area contributed by atoms with E-state index in [1.54, 1.807) is 12.1 Å². The molecule has 116 valence electrons. The van der Waals surface area contributed by atoms with E-state index in [2.05, 4.69) is 0 Å². The second-order valence-electron chi connectivity index (χ2n) is 4.40. The summed E-state index contributed by atoms with van der Waals surface area (Å²) in [5.74, 6) is -0.802. The summed E-state index contributed by atoms with van der Waals surface area (Å²) in [5, 5.41) is 18.5. The van der Waals surface area contributed by atoms with Crippen LogP contribution in [0.4, 0.5) is 0 Å². The summed E-state index contributed by atoms with van der Waals surface area (Å²) in [6, 6.07) is 4.67. The van der Waals surface area contributed by atoms with Gasteiger partial charge in [-0.3, -0.25) is 14.5 Å². The fourth-order valence-electron chi connectivity index (χ4n) is 1.82. The minimum Gasteiger partial charge on any atom is -0.507 e. The van der Waals surface area contributed by atoms with E-state index in [0.717, 1.165) is 11.8 Å². The summed E-state index contributed by atoms with van der Waals surface area (Å²) in [4.78, 5) is 24.4. The second-order valence-corrected chi connectivity index (χ2v) is 6.08. The summed E-state index contributed by atoms with van der Waals surface area (Å²) in [6.45, 7) is 0.0292. The molecule has 0 unspecified atom stereocenters. The van der Waals surface area contributed by atoms with Gasteiger partial charge in [-0.1, -0.05) is 24.0 Å². The number of hydrogen-bond acceptors (Lipinski definition) is 6. The number of carbonyl (C=O) groups excluding carboxylic acids is 1. The number of hydrogen-bond donors (Lipinski definition) is 2. The lowest BCUT2D eigenvalue weighted by molar-refractivity contribution is -0.137. The third kappa shape index (κ3) is 3.58. The molecule has 1 heterocycles. The van der Waals surface area contributed by atoms with Gasteiger partial charge in [-0.15, -0.1) is 0 Å². The zero-order valence-corrected chi connectivity index (χ0v) is 13.2. The molecule has 22 heavy (non-hydrogen) atoms. The van der Waals surface area contributed by atoms with E-state index in [1.165, 1.54) is 24.2 Å². The molecule has 0 saturated carbocycles. The van der Waals surface area contributed by atoms with Crippen molar-refractivity contribution in [1.29, 1.82) is 0 Å². The molecule has 1 fully saturated rings. The van der Waals surface area contributed by atoms with Gasteiger partial charge in [-0.2, -0.15) is 0 Å². The minimum absolute atomic E-state index is 0.0107. The number of methoxy groups -OCH3 is 1. The van der Waals surface area contributed by atoms with Crippen LogP contribution in [0.5, 0.6) is 11.5 Å². The van der Waals surface area contributed by atoms with Gasteiger partial charge < -0.3 is 14.9 Å². The van der Waals surface area contributed by atoms with Crippen molar-refractivity contribution in [2.45, 2.75) is 6.42 Å². The van der Waals surface area contributed by atoms with E-state index in [0.29, 0.717) is 20.5 Å². The van der Waals surface area contributed by atoms with E-state index >= 15 is 0 Å². The van der Waals surface area contributed by atoms with Gasteiger partial charge in [-0.25, -0.2) is 0 Å². The molecule has 1 saturated heterocycles. The summed E-state index contributed by atoms with van der Waals surface area (Å²) >= 11 is 6.17. The van der Waals surface area contributed by atoms with Crippen molar-refractivity contribution in [3.05, 3.63) is 28.7 Å². The van der Waals surface area contributed by atoms with Crippen molar-refractivity contribution >= 4 is 46.3 Å². The van der Waals surface area contributed by atoms with Crippen LogP contribution in [-0.2, 0) is 9.59 Å². The number of aromatic hydroxyl groups is 1. The molecular weight excluding hydrogens is 326 g/mol. The van der Waals surface area contributed by atoms with Crippen LogP contribution in [0, 0.1) is 0 Å². The van der Waals surface area contributed by atoms with Crippen molar-refractivity contribution < 1.29 is 24.5 Å². The highest BCUT2D eigenvalue weighted by Crippen LogP contribution is 2.35. The van der Waals surface area contributed by atoms with Crippen molar-refractivity contribution in [2.75, 3.05) is 13.7 Å². The summed E-state index contributed by atoms with van der Waals surface area (Å²) in [5.41, 5.74) is 0.429. The van der Waals surface area contributed by atoms with Crippen LogP contribution in [0.1, 0.15) is 12.0 Å². The lowest BCUT2D eigenvalue weighted by Gasteiger charge is -2.12. The number of thiocarbonyl (C=S) groups is 1. The summed E-state index contributed by atoms with van der Waals surface area (Å²) < 4.78 is 5.38. The molecule has 1 aliphatic heterocycles. The first-order chi connectivity index (χ1) is 10.4. The molecule has 1 aromatic rings. The average molecular weight is 339 g/mol. The highest BCUT2D eigenvalue weighted by molar-refractivity contribution is 8.26. The van der Waals surface area contributed by atoms with Gasteiger partial charge in [0, 0.05) is 12.1 Å². The fraction of sp³-hybridized carbons (Fsp3) is 0.214. The Bertz CT molecular complexity index is 671. The first kappa shape index (κ1) is 16.3. The largest absolute Gasteiger partial charge is 0.507 e. The fourth-order valence-corrected chi connectivity index (χ4v) is 3.12. The lowest BCUT2D eigenvalue weighted by atomic mass is 10.1. The number of thioether (sulfide) groups is 1. The molecule has 0 spiro atoms. The zero-order chi connectivity index (χ0) is 16.3. The van der Waals surface area contributed by atoms with Crippen molar-refractivity contribution in [3.8, 4) is 11.5 Å². The van der Waals surface area contributed by atoms with E-state index < -0.39 is 5.97 Å². The number of carboxylic acid groups (broad SMARTS) is 1. The van der Waals surface area contributed by atoms with E-state index in [1.807, 2.05) is 0 Å². The summed E-state index contributed by atoms with van der Waals surface area (Å²) in [7, 11) is 1.50. The third-order valence-corrected chi connectivity index (χ3v) is 4.32. The van der Waals surface area contributed by atoms with Crippen LogP contribution < -0.4 is 4.74 Å². The number of phenols is 1. The molecule has 8 heteroatoms. The molecule has 0 aromatic heterocycles. The number of phenolic OH excluding ortho intramolecular Hbond substituents is 1. The molecule has 1 aliphatic rings. The molecule has 0 atom stereocenters. The number of nitrogens with zero attached hydrogens (tertiary/aromatic N) is 1. The standard InChI is InChI=1S/C14H13NO5S2/c1-20-9-2-3-10(16)8(6-9)7-11-13(19)15(14(21)22-11)5-4-12(17)18/h2-3,6-7,16H,4-5H2,1H3,(H,17,18)/b11-7-. The Morgan fingerprint density at radius 1 is 1.50 bits per heavy atom. The van der Waals surface area contributed by atoms with E-state index in [9.17, 15) is 14.7 Å². The Morgan fingerprint density at radius 2 is 2.23 bits per heavy atom. The van der Waals surface area contributed by atoms with Gasteiger partial charge in [0.05, 0.1) is 18.4 Å². The van der Waals surface area contributed by atoms with Crippen LogP contribution in [0.2, 0.25) is 0 Å². The molecular formula is C14H13NO5S2. The number of aliphatic carboxylic acids is 1. The Morgan fingerprint density at radius 3 is 2.86 bits per heavy atom. The highest BCUT2D eigenvalue weighted by Gasteiger charge is 2.32. The molecule has 1 aromatic carbocycles. The Labute approximate surface area is 136 Å². The van der Waals surface area contributed by atoms with E-state index in [4.69, 9.17) is 22.1 Å². The minimum atomic E-state index is -0.997. The maximum Gasteiger partial charge on any atom is 0.305 e. The number of carboxylic acids is 1. The van der Waals surface area contributed by atoms with Gasteiger partial charge in [-0.05, 0) is 24.3 Å². The topological polar surface area (TPSA) is 87.1 Å². The number of amides is 1. The predicted molar refractivity (Wildman–Crippen MR) is 86.8 cm³/mol. The lowest BCUT2D eigenvalue weighted by Crippen LogP contribution is -2.30. The average Bonchev–Trinajstić information content (AvgIpc) is 2.73. The highest BCUT2D eigenvalue weighted by atomic mass is 32.2. The normalized spacial score (nSPS) is 16.4. The molecule has 2 rings (SSSR count). The molecule has 0 aliphatic carbocycles. The van der Waals surface area contributed by atoms with Crippen LogP contribution in [0.15, 0.2) is 23.1 Å². The van der Waals surface area contributed by atoms with Crippen molar-refractivity contribution in [1.82, 2.24) is 4.90 Å². The number of rotatable bonds is 5. The van der Waals surface area contributed by atoms with Gasteiger partial charge in [0.2, 0.25) is 0 Å². The number of benzene rings is 1. The van der Waals surface area contributed by atoms with Gasteiger partial charge in [0.15, 0.2) is 0 Å². The van der Waals surface area contributed by atoms with Crippen LogP contribution >= 0.6 is 24.0 Å². The Kier molecular flexibility index (Phi) is 5.04. The van der Waals surface area contributed by atoms with Crippen LogP contribution in [0.25, 0.3) is 6.08 Å². The second kappa shape index (κ2) is 6.80. The van der Waals surface area contributed by atoms with Gasteiger partial charge in [0.25, 0.3) is 5.91 Å². The maximum absolute atomic E-state index is 12.2. The van der Waals surface area contributed by atoms with E-state index in [-0.39, 0.29) is 24.6 Å². The first-order valence-corrected chi connectivity index (χ1v) is 7.49. The van der Waals surface area contributed by atoms with Crippen molar-refractivity contribution in [3.63, 3.8) is 0 Å².